The summed E-state index contributed by atoms with van der Waals surface area (Å²) < 4.78 is 0. The molecule has 156 valence electrons. The summed E-state index contributed by atoms with van der Waals surface area (Å²) in [5.74, 6) is 0.665. The van der Waals surface area contributed by atoms with Gasteiger partial charge in [0, 0.05) is 0 Å². The summed E-state index contributed by atoms with van der Waals surface area (Å²) >= 11 is 0. The van der Waals surface area contributed by atoms with E-state index in [1.807, 2.05) is 48.5 Å². The predicted octanol–water partition coefficient (Wildman–Crippen LogP) is 6.15. The Bertz CT molecular complexity index is 980. The Morgan fingerprint density at radius 2 is 0.484 bits per heavy atom. The fraction of sp³-hybridized carbons (Fsp3) is 0.0370. The van der Waals surface area contributed by atoms with Crippen LogP contribution in [0.1, 0.15) is 29.7 Å². The molecular formula is C27H24O4. The van der Waals surface area contributed by atoms with Crippen LogP contribution in [-0.4, -0.2) is 20.4 Å². The van der Waals surface area contributed by atoms with Crippen LogP contribution in [0.5, 0.6) is 23.0 Å². The van der Waals surface area contributed by atoms with Gasteiger partial charge < -0.3 is 20.4 Å². The molecule has 0 heterocycles. The number of benzene rings is 4. The second kappa shape index (κ2) is 9.09. The van der Waals surface area contributed by atoms with Crippen LogP contribution in [0.25, 0.3) is 11.1 Å². The number of phenols is 4. The first kappa shape index (κ1) is 21.5. The van der Waals surface area contributed by atoms with E-state index >= 15 is 0 Å². The van der Waals surface area contributed by atoms with Gasteiger partial charge in [0.15, 0.2) is 0 Å². The van der Waals surface area contributed by atoms with E-state index in [0.29, 0.717) is 0 Å². The largest absolute Gasteiger partial charge is 0.508 e. The van der Waals surface area contributed by atoms with Gasteiger partial charge in [-0.3, -0.25) is 0 Å². The molecule has 0 amide bonds. The van der Waals surface area contributed by atoms with Crippen LogP contribution in [-0.2, 0) is 0 Å². The van der Waals surface area contributed by atoms with Gasteiger partial charge in [-0.15, -0.1) is 0 Å². The first-order valence-corrected chi connectivity index (χ1v) is 9.43. The second-order valence-electron chi connectivity index (χ2n) is 6.94. The van der Waals surface area contributed by atoms with E-state index in [9.17, 15) is 20.4 Å². The molecule has 4 aromatic carbocycles. The Morgan fingerprint density at radius 3 is 0.645 bits per heavy atom. The quantitative estimate of drug-likeness (QED) is 0.303. The smallest absolute Gasteiger partial charge is 0.115 e. The monoisotopic (exact) mass is 412 g/mol. The van der Waals surface area contributed by atoms with Crippen molar-refractivity contribution in [3.05, 3.63) is 119 Å². The molecule has 4 nitrogen and oxygen atoms in total. The highest BCUT2D eigenvalue weighted by Gasteiger charge is 2.16. The standard InChI is InChI=1S/C26H20O4.CH4/c27-21-9-1-17(2-10-21)25(18-3-11-22(28)12-4-18)26(19-5-13-23(29)14-6-19)20-7-15-24(30)16-8-20;/h1-16,27-30H;1H4. The number of phenolic OH excluding ortho intramolecular Hbond substituents is 4. The van der Waals surface area contributed by atoms with Crippen LogP contribution in [0.4, 0.5) is 0 Å². The zero-order chi connectivity index (χ0) is 21.1. The zero-order valence-electron chi connectivity index (χ0n) is 16.0. The van der Waals surface area contributed by atoms with E-state index in [2.05, 4.69) is 0 Å². The van der Waals surface area contributed by atoms with Crippen LogP contribution in [0.15, 0.2) is 97.1 Å². The van der Waals surface area contributed by atoms with E-state index in [4.69, 9.17) is 0 Å². The summed E-state index contributed by atoms with van der Waals surface area (Å²) in [7, 11) is 0. The van der Waals surface area contributed by atoms with Gasteiger partial charge in [-0.2, -0.15) is 0 Å². The second-order valence-corrected chi connectivity index (χ2v) is 6.94. The van der Waals surface area contributed by atoms with Gasteiger partial charge in [0.2, 0.25) is 0 Å². The van der Waals surface area contributed by atoms with Gasteiger partial charge in [-0.25, -0.2) is 0 Å². The normalized spacial score (nSPS) is 10.2. The zero-order valence-corrected chi connectivity index (χ0v) is 16.0. The van der Waals surface area contributed by atoms with Crippen LogP contribution in [0.3, 0.4) is 0 Å². The third-order valence-corrected chi connectivity index (χ3v) is 4.87. The summed E-state index contributed by atoms with van der Waals surface area (Å²) in [6, 6.07) is 27.7. The van der Waals surface area contributed by atoms with Gasteiger partial charge in [0.05, 0.1) is 0 Å². The topological polar surface area (TPSA) is 80.9 Å². The summed E-state index contributed by atoms with van der Waals surface area (Å²) in [5.41, 5.74) is 5.24. The Morgan fingerprint density at radius 1 is 0.323 bits per heavy atom. The molecule has 0 aromatic heterocycles. The molecule has 0 unspecified atom stereocenters. The number of aromatic hydroxyl groups is 4. The summed E-state index contributed by atoms with van der Waals surface area (Å²) in [5, 5.41) is 39.1. The summed E-state index contributed by atoms with van der Waals surface area (Å²) in [4.78, 5) is 0. The van der Waals surface area contributed by atoms with Crippen molar-refractivity contribution in [3.63, 3.8) is 0 Å². The van der Waals surface area contributed by atoms with Crippen molar-refractivity contribution >= 4 is 11.1 Å². The third-order valence-electron chi connectivity index (χ3n) is 4.87. The maximum atomic E-state index is 9.77. The van der Waals surface area contributed by atoms with E-state index in [1.54, 1.807) is 48.5 Å². The number of rotatable bonds is 4. The lowest BCUT2D eigenvalue weighted by molar-refractivity contribution is 0.474. The van der Waals surface area contributed by atoms with Crippen LogP contribution in [0.2, 0.25) is 0 Å². The van der Waals surface area contributed by atoms with Crippen molar-refractivity contribution in [2.45, 2.75) is 7.43 Å². The Labute approximate surface area is 181 Å². The molecule has 31 heavy (non-hydrogen) atoms. The summed E-state index contributed by atoms with van der Waals surface area (Å²) in [6.07, 6.45) is 0. The third kappa shape index (κ3) is 4.70. The maximum Gasteiger partial charge on any atom is 0.115 e. The van der Waals surface area contributed by atoms with Gasteiger partial charge in [-0.05, 0) is 81.9 Å². The molecule has 0 fully saturated rings. The molecule has 0 aliphatic carbocycles. The minimum Gasteiger partial charge on any atom is -0.508 e. The maximum absolute atomic E-state index is 9.77. The highest BCUT2D eigenvalue weighted by molar-refractivity contribution is 6.04. The molecular weight excluding hydrogens is 388 g/mol. The molecule has 0 saturated carbocycles. The highest BCUT2D eigenvalue weighted by atomic mass is 16.3. The van der Waals surface area contributed by atoms with Gasteiger partial charge >= 0.3 is 0 Å². The number of hydrogen-bond donors (Lipinski definition) is 4. The molecule has 0 spiro atoms. The van der Waals surface area contributed by atoms with Crippen molar-refractivity contribution < 1.29 is 20.4 Å². The number of hydrogen-bond acceptors (Lipinski definition) is 4. The van der Waals surface area contributed by atoms with Crippen LogP contribution >= 0.6 is 0 Å². The van der Waals surface area contributed by atoms with Gasteiger partial charge in [0.1, 0.15) is 23.0 Å². The fourth-order valence-electron chi connectivity index (χ4n) is 3.42. The summed E-state index contributed by atoms with van der Waals surface area (Å²) in [6.45, 7) is 0. The minimum absolute atomic E-state index is 0. The first-order chi connectivity index (χ1) is 14.5. The van der Waals surface area contributed by atoms with E-state index in [1.165, 1.54) is 0 Å². The van der Waals surface area contributed by atoms with E-state index in [0.717, 1.165) is 33.4 Å². The lowest BCUT2D eigenvalue weighted by Gasteiger charge is -2.18. The first-order valence-electron chi connectivity index (χ1n) is 9.43. The molecule has 0 bridgehead atoms. The van der Waals surface area contributed by atoms with Crippen LogP contribution in [0, 0.1) is 0 Å². The van der Waals surface area contributed by atoms with Crippen molar-refractivity contribution in [1.29, 1.82) is 0 Å². The van der Waals surface area contributed by atoms with Crippen molar-refractivity contribution in [3.8, 4) is 23.0 Å². The van der Waals surface area contributed by atoms with Crippen molar-refractivity contribution in [2.24, 2.45) is 0 Å². The average Bonchev–Trinajstić information content (AvgIpc) is 2.75. The molecule has 0 aliphatic rings. The molecule has 0 saturated heterocycles. The Kier molecular flexibility index (Phi) is 6.32. The van der Waals surface area contributed by atoms with E-state index < -0.39 is 0 Å². The molecule has 4 heteroatoms. The van der Waals surface area contributed by atoms with Gasteiger partial charge in [-0.1, -0.05) is 56.0 Å². The average molecular weight is 412 g/mol. The predicted molar refractivity (Wildman–Crippen MR) is 124 cm³/mol. The lowest BCUT2D eigenvalue weighted by atomic mass is 9.85. The SMILES string of the molecule is C.Oc1ccc(C(=C(c2ccc(O)cc2)c2ccc(O)cc2)c2ccc(O)cc2)cc1. The van der Waals surface area contributed by atoms with Crippen molar-refractivity contribution in [1.82, 2.24) is 0 Å². The fourth-order valence-corrected chi connectivity index (χ4v) is 3.42. The molecule has 0 radical (unpaired) electrons. The van der Waals surface area contributed by atoms with Gasteiger partial charge in [0.25, 0.3) is 0 Å². The molecule has 4 aromatic rings. The Hall–Kier alpha value is -4.18. The molecule has 0 atom stereocenters. The molecule has 0 aliphatic heterocycles. The lowest BCUT2D eigenvalue weighted by Crippen LogP contribution is -1.97. The highest BCUT2D eigenvalue weighted by Crippen LogP contribution is 2.38. The van der Waals surface area contributed by atoms with Crippen LogP contribution < -0.4 is 0 Å². The molecule has 4 rings (SSSR count). The molecule has 4 N–H and O–H groups in total. The van der Waals surface area contributed by atoms with Crippen molar-refractivity contribution in [2.75, 3.05) is 0 Å². The minimum atomic E-state index is 0. The Balaban J connectivity index is 0.00000272. The van der Waals surface area contributed by atoms with E-state index in [-0.39, 0.29) is 30.4 Å².